The first kappa shape index (κ1) is 7.82. The highest BCUT2D eigenvalue weighted by Crippen LogP contribution is 2.08. The van der Waals surface area contributed by atoms with Gasteiger partial charge in [0.2, 0.25) is 0 Å². The molecular weight excluding hydrogens is 162 g/mol. The van der Waals surface area contributed by atoms with Gasteiger partial charge in [0.1, 0.15) is 10.4 Å². The maximum Gasteiger partial charge on any atom is 0.348 e. The molecule has 1 aromatic heterocycles. The Labute approximate surface area is 67.5 Å². The zero-order valence-electron chi connectivity index (χ0n) is 5.81. The fourth-order valence-corrected chi connectivity index (χ4v) is 0.900. The molecule has 0 aliphatic heterocycles. The number of nitriles is 1. The van der Waals surface area contributed by atoms with Crippen LogP contribution in [0, 0.1) is 10.7 Å². The Morgan fingerprint density at radius 3 is 3.09 bits per heavy atom. The molecular formula is C6H5N3OS. The van der Waals surface area contributed by atoms with Crippen LogP contribution in [0.1, 0.15) is 0 Å². The largest absolute Gasteiger partial charge is 0.348 e. The van der Waals surface area contributed by atoms with Gasteiger partial charge in [0, 0.05) is 25.0 Å². The summed E-state index contributed by atoms with van der Waals surface area (Å²) in [4.78, 5) is 14.5. The van der Waals surface area contributed by atoms with E-state index in [9.17, 15) is 4.79 Å². The van der Waals surface area contributed by atoms with Crippen molar-refractivity contribution in [2.45, 2.75) is 5.03 Å². The summed E-state index contributed by atoms with van der Waals surface area (Å²) in [6.07, 6.45) is 1.58. The molecule has 4 nitrogen and oxygen atoms in total. The highest BCUT2D eigenvalue weighted by Gasteiger charge is 1.95. The number of hydrogen-bond acceptors (Lipinski definition) is 4. The van der Waals surface area contributed by atoms with Gasteiger partial charge in [0.05, 0.1) is 0 Å². The molecule has 0 radical (unpaired) electrons. The third kappa shape index (κ3) is 1.82. The van der Waals surface area contributed by atoms with Gasteiger partial charge in [-0.1, -0.05) is 0 Å². The first-order chi connectivity index (χ1) is 5.24. The minimum absolute atomic E-state index is 0.342. The van der Waals surface area contributed by atoms with Crippen molar-refractivity contribution >= 4 is 11.8 Å². The quantitative estimate of drug-likeness (QED) is 0.344. The van der Waals surface area contributed by atoms with Crippen LogP contribution in [0.3, 0.4) is 0 Å². The standard InChI is InChI=1S/C6H5N3OS/c1-9-3-2-5(11-4-7)8-6(9)10/h2-3H,1H3. The number of aromatic nitrogens is 2. The molecule has 1 heterocycles. The molecule has 0 aliphatic carbocycles. The van der Waals surface area contributed by atoms with Crippen molar-refractivity contribution in [1.82, 2.24) is 9.55 Å². The summed E-state index contributed by atoms with van der Waals surface area (Å²) in [6.45, 7) is 0. The van der Waals surface area contributed by atoms with Crippen molar-refractivity contribution in [3.05, 3.63) is 22.7 Å². The van der Waals surface area contributed by atoms with Crippen LogP contribution >= 0.6 is 11.8 Å². The lowest BCUT2D eigenvalue weighted by Gasteiger charge is -1.94. The second-order valence-corrected chi connectivity index (χ2v) is 2.66. The van der Waals surface area contributed by atoms with Gasteiger partial charge in [0.25, 0.3) is 0 Å². The second-order valence-electron chi connectivity index (χ2n) is 1.85. The summed E-state index contributed by atoms with van der Waals surface area (Å²) < 4.78 is 1.35. The van der Waals surface area contributed by atoms with Crippen molar-refractivity contribution in [3.8, 4) is 5.40 Å². The van der Waals surface area contributed by atoms with Gasteiger partial charge >= 0.3 is 5.69 Å². The molecule has 5 heteroatoms. The van der Waals surface area contributed by atoms with E-state index in [0.717, 1.165) is 11.8 Å². The molecule has 0 spiro atoms. The Kier molecular flexibility index (Phi) is 2.28. The van der Waals surface area contributed by atoms with Crippen molar-refractivity contribution in [2.24, 2.45) is 7.05 Å². The highest BCUT2D eigenvalue weighted by molar-refractivity contribution is 8.03. The maximum absolute atomic E-state index is 10.8. The van der Waals surface area contributed by atoms with Crippen molar-refractivity contribution in [3.63, 3.8) is 0 Å². The molecule has 0 aromatic carbocycles. The molecule has 56 valence electrons. The molecule has 0 saturated carbocycles. The Bertz CT molecular complexity index is 352. The lowest BCUT2D eigenvalue weighted by Crippen LogP contribution is -2.18. The zero-order chi connectivity index (χ0) is 8.27. The van der Waals surface area contributed by atoms with E-state index in [1.807, 2.05) is 5.40 Å². The summed E-state index contributed by atoms with van der Waals surface area (Å²) in [5, 5.41) is 10.5. The predicted octanol–water partition coefficient (Wildman–Crippen LogP) is 0.353. The summed E-state index contributed by atoms with van der Waals surface area (Å²) in [5.41, 5.74) is -0.342. The third-order valence-corrected chi connectivity index (χ3v) is 1.63. The number of thioether (sulfide) groups is 1. The van der Waals surface area contributed by atoms with E-state index in [4.69, 9.17) is 5.26 Å². The van der Waals surface area contributed by atoms with Gasteiger partial charge in [-0.25, -0.2) is 4.79 Å². The predicted molar refractivity (Wildman–Crippen MR) is 40.9 cm³/mol. The first-order valence-electron chi connectivity index (χ1n) is 2.83. The van der Waals surface area contributed by atoms with Crippen molar-refractivity contribution in [1.29, 1.82) is 5.26 Å². The minimum Gasteiger partial charge on any atom is -0.302 e. The normalized spacial score (nSPS) is 9.09. The van der Waals surface area contributed by atoms with Crippen LogP contribution in [0.4, 0.5) is 0 Å². The summed E-state index contributed by atoms with van der Waals surface area (Å²) >= 11 is 0.879. The third-order valence-electron chi connectivity index (χ3n) is 1.10. The summed E-state index contributed by atoms with van der Waals surface area (Å²) in [6, 6.07) is 1.62. The van der Waals surface area contributed by atoms with Gasteiger partial charge in [0.15, 0.2) is 0 Å². The molecule has 0 aliphatic rings. The molecule has 0 bridgehead atoms. The topological polar surface area (TPSA) is 58.7 Å². The number of thiocyanates is 1. The first-order valence-corrected chi connectivity index (χ1v) is 3.65. The average Bonchev–Trinajstić information content (AvgIpc) is 1.98. The number of hydrogen-bond donors (Lipinski definition) is 0. The Hall–Kier alpha value is -1.28. The van der Waals surface area contributed by atoms with E-state index in [2.05, 4.69) is 4.98 Å². The smallest absolute Gasteiger partial charge is 0.302 e. The summed E-state index contributed by atoms with van der Waals surface area (Å²) in [5.74, 6) is 0. The van der Waals surface area contributed by atoms with E-state index in [1.54, 1.807) is 19.3 Å². The lowest BCUT2D eigenvalue weighted by molar-refractivity contribution is 0.782. The molecule has 0 saturated heterocycles. The fourth-order valence-electron chi connectivity index (χ4n) is 0.553. The molecule has 0 amide bonds. The minimum atomic E-state index is -0.342. The Balaban J connectivity index is 3.08. The van der Waals surface area contributed by atoms with E-state index in [1.165, 1.54) is 4.57 Å². The van der Waals surface area contributed by atoms with Crippen LogP contribution in [0.2, 0.25) is 0 Å². The number of aryl methyl sites for hydroxylation is 1. The van der Waals surface area contributed by atoms with Crippen molar-refractivity contribution in [2.75, 3.05) is 0 Å². The van der Waals surface area contributed by atoms with Gasteiger partial charge in [-0.2, -0.15) is 10.2 Å². The highest BCUT2D eigenvalue weighted by atomic mass is 32.2. The molecule has 0 N–H and O–H groups in total. The van der Waals surface area contributed by atoms with Crippen LogP contribution in [-0.4, -0.2) is 9.55 Å². The van der Waals surface area contributed by atoms with Crippen LogP contribution in [0.15, 0.2) is 22.1 Å². The molecule has 1 aromatic rings. The van der Waals surface area contributed by atoms with Crippen molar-refractivity contribution < 1.29 is 0 Å². The Morgan fingerprint density at radius 1 is 1.82 bits per heavy atom. The monoisotopic (exact) mass is 167 g/mol. The SMILES string of the molecule is Cn1ccc(SC#N)nc1=O. The molecule has 0 unspecified atom stereocenters. The molecule has 11 heavy (non-hydrogen) atoms. The van der Waals surface area contributed by atoms with Gasteiger partial charge < -0.3 is 4.57 Å². The molecule has 0 atom stereocenters. The Morgan fingerprint density at radius 2 is 2.55 bits per heavy atom. The van der Waals surface area contributed by atoms with Crippen LogP contribution in [0.25, 0.3) is 0 Å². The van der Waals surface area contributed by atoms with Gasteiger partial charge in [-0.3, -0.25) is 0 Å². The fraction of sp³-hybridized carbons (Fsp3) is 0.167. The van der Waals surface area contributed by atoms with E-state index >= 15 is 0 Å². The van der Waals surface area contributed by atoms with Crippen LogP contribution < -0.4 is 5.69 Å². The number of rotatable bonds is 1. The average molecular weight is 167 g/mol. The molecule has 1 rings (SSSR count). The van der Waals surface area contributed by atoms with Crippen LogP contribution in [0.5, 0.6) is 0 Å². The molecule has 0 fully saturated rings. The number of nitrogens with zero attached hydrogens (tertiary/aromatic N) is 3. The lowest BCUT2D eigenvalue weighted by atomic mass is 10.7. The van der Waals surface area contributed by atoms with Crippen LogP contribution in [-0.2, 0) is 7.05 Å². The van der Waals surface area contributed by atoms with E-state index in [-0.39, 0.29) is 5.69 Å². The van der Waals surface area contributed by atoms with E-state index < -0.39 is 0 Å². The maximum atomic E-state index is 10.8. The van der Waals surface area contributed by atoms with Gasteiger partial charge in [-0.05, 0) is 6.07 Å². The zero-order valence-corrected chi connectivity index (χ0v) is 6.63. The van der Waals surface area contributed by atoms with E-state index in [0.29, 0.717) is 5.03 Å². The second kappa shape index (κ2) is 3.21. The van der Waals surface area contributed by atoms with Gasteiger partial charge in [-0.15, -0.1) is 0 Å². The summed E-state index contributed by atoms with van der Waals surface area (Å²) in [7, 11) is 1.61.